The first-order chi connectivity index (χ1) is 10.1. The number of nitrogens with zero attached hydrogens (tertiary/aromatic N) is 3. The van der Waals surface area contributed by atoms with E-state index in [1.54, 1.807) is 6.92 Å². The Morgan fingerprint density at radius 2 is 2.19 bits per heavy atom. The molecule has 0 bridgehead atoms. The molecule has 0 saturated carbocycles. The van der Waals surface area contributed by atoms with E-state index < -0.39 is 0 Å². The molecular weight excluding hydrogens is 264 g/mol. The molecular formula is C16H16N4O. The summed E-state index contributed by atoms with van der Waals surface area (Å²) in [6.45, 7) is 1.72. The Bertz CT molecular complexity index is 838. The van der Waals surface area contributed by atoms with Crippen LogP contribution >= 0.6 is 0 Å². The highest BCUT2D eigenvalue weighted by Crippen LogP contribution is 2.25. The summed E-state index contributed by atoms with van der Waals surface area (Å²) in [7, 11) is 2.01. The lowest BCUT2D eigenvalue weighted by molar-refractivity contribution is 0.431. The molecule has 3 rings (SSSR count). The van der Waals surface area contributed by atoms with Gasteiger partial charge in [-0.25, -0.2) is 4.98 Å². The lowest BCUT2D eigenvalue weighted by atomic mass is 10.1. The number of aryl methyl sites for hydroxylation is 2. The Morgan fingerprint density at radius 1 is 1.43 bits per heavy atom. The number of rotatable bonds is 3. The Hall–Kier alpha value is -2.58. The van der Waals surface area contributed by atoms with Gasteiger partial charge in [0.15, 0.2) is 5.69 Å². The van der Waals surface area contributed by atoms with Crippen LogP contribution in [-0.4, -0.2) is 9.55 Å². The van der Waals surface area contributed by atoms with Crippen LogP contribution in [0.4, 0.5) is 0 Å². The van der Waals surface area contributed by atoms with E-state index in [1.807, 2.05) is 25.2 Å². The predicted octanol–water partition coefficient (Wildman–Crippen LogP) is 2.59. The van der Waals surface area contributed by atoms with Gasteiger partial charge in [0.2, 0.25) is 5.89 Å². The molecule has 2 aromatic heterocycles. The van der Waals surface area contributed by atoms with Crippen molar-refractivity contribution in [3.05, 3.63) is 53.4 Å². The van der Waals surface area contributed by atoms with Crippen molar-refractivity contribution in [2.75, 3.05) is 0 Å². The number of para-hydroxylation sites is 1. The molecule has 0 aliphatic heterocycles. The van der Waals surface area contributed by atoms with E-state index in [1.165, 1.54) is 10.9 Å². The van der Waals surface area contributed by atoms with E-state index >= 15 is 0 Å². The molecule has 0 aliphatic carbocycles. The van der Waals surface area contributed by atoms with Gasteiger partial charge in [-0.15, -0.1) is 0 Å². The van der Waals surface area contributed by atoms with Gasteiger partial charge in [-0.2, -0.15) is 5.26 Å². The molecule has 3 aromatic rings. The van der Waals surface area contributed by atoms with Gasteiger partial charge >= 0.3 is 0 Å². The molecule has 2 N–H and O–H groups in total. The highest BCUT2D eigenvalue weighted by Gasteiger charge is 2.18. The fraction of sp³-hybridized carbons (Fsp3) is 0.250. The molecule has 0 radical (unpaired) electrons. The third-order valence-electron chi connectivity index (χ3n) is 3.66. The summed E-state index contributed by atoms with van der Waals surface area (Å²) in [5.41, 5.74) is 8.81. The van der Waals surface area contributed by atoms with Gasteiger partial charge < -0.3 is 14.7 Å². The number of hydrogen-bond acceptors (Lipinski definition) is 4. The van der Waals surface area contributed by atoms with Crippen molar-refractivity contribution in [1.29, 1.82) is 5.26 Å². The minimum Gasteiger partial charge on any atom is -0.443 e. The van der Waals surface area contributed by atoms with E-state index in [0.29, 0.717) is 23.8 Å². The molecule has 0 aliphatic rings. The predicted molar refractivity (Wildman–Crippen MR) is 79.5 cm³/mol. The second kappa shape index (κ2) is 5.08. The van der Waals surface area contributed by atoms with Crippen LogP contribution in [0.2, 0.25) is 0 Å². The Labute approximate surface area is 122 Å². The minimum atomic E-state index is -0.364. The number of oxazole rings is 1. The van der Waals surface area contributed by atoms with E-state index in [4.69, 9.17) is 15.4 Å². The lowest BCUT2D eigenvalue weighted by Gasteiger charge is -2.06. The van der Waals surface area contributed by atoms with Crippen LogP contribution in [0.25, 0.3) is 10.9 Å². The van der Waals surface area contributed by atoms with Crippen LogP contribution < -0.4 is 5.73 Å². The van der Waals surface area contributed by atoms with Gasteiger partial charge in [-0.1, -0.05) is 18.2 Å². The number of aromatic nitrogens is 2. The third-order valence-corrected chi connectivity index (χ3v) is 3.66. The maximum Gasteiger partial charge on any atom is 0.212 e. The zero-order chi connectivity index (χ0) is 15.0. The standard InChI is InChI=1S/C16H16N4O/c1-10-14(8-17)19-16(21-10)13(18)7-11-9-20(2)15-6-4-3-5-12(11)15/h3-6,9,13H,7,18H2,1-2H3. The molecule has 0 spiro atoms. The number of hydrogen-bond donors (Lipinski definition) is 1. The largest absolute Gasteiger partial charge is 0.443 e. The molecule has 2 heterocycles. The zero-order valence-electron chi connectivity index (χ0n) is 12.0. The number of nitriles is 1. The van der Waals surface area contributed by atoms with Crippen molar-refractivity contribution < 1.29 is 4.42 Å². The zero-order valence-corrected chi connectivity index (χ0v) is 12.0. The number of benzene rings is 1. The second-order valence-corrected chi connectivity index (χ2v) is 5.16. The van der Waals surface area contributed by atoms with Crippen LogP contribution in [0.1, 0.15) is 29.0 Å². The highest BCUT2D eigenvalue weighted by molar-refractivity contribution is 5.83. The number of nitrogens with two attached hydrogens (primary N) is 1. The van der Waals surface area contributed by atoms with Gasteiger partial charge in [0.1, 0.15) is 11.8 Å². The average Bonchev–Trinajstić information content (AvgIpc) is 3.01. The Balaban J connectivity index is 1.93. The summed E-state index contributed by atoms with van der Waals surface area (Å²) < 4.78 is 7.58. The van der Waals surface area contributed by atoms with Gasteiger partial charge in [0.25, 0.3) is 0 Å². The van der Waals surface area contributed by atoms with Crippen molar-refractivity contribution in [2.24, 2.45) is 12.8 Å². The fourth-order valence-electron chi connectivity index (χ4n) is 2.59. The SMILES string of the molecule is Cc1oc(C(N)Cc2cn(C)c3ccccc23)nc1C#N. The molecule has 106 valence electrons. The summed E-state index contributed by atoms with van der Waals surface area (Å²) in [6.07, 6.45) is 2.69. The lowest BCUT2D eigenvalue weighted by Crippen LogP contribution is -2.13. The first kappa shape index (κ1) is 13.4. The molecule has 21 heavy (non-hydrogen) atoms. The molecule has 5 nitrogen and oxygen atoms in total. The van der Waals surface area contributed by atoms with E-state index in [-0.39, 0.29) is 6.04 Å². The molecule has 5 heteroatoms. The summed E-state index contributed by atoms with van der Waals surface area (Å²) in [5, 5.41) is 10.1. The van der Waals surface area contributed by atoms with E-state index in [2.05, 4.69) is 27.9 Å². The summed E-state index contributed by atoms with van der Waals surface area (Å²) in [4.78, 5) is 4.15. The van der Waals surface area contributed by atoms with Crippen molar-refractivity contribution in [2.45, 2.75) is 19.4 Å². The number of fused-ring (bicyclic) bond motifs is 1. The Morgan fingerprint density at radius 3 is 2.90 bits per heavy atom. The van der Waals surface area contributed by atoms with Crippen LogP contribution in [0.3, 0.4) is 0 Å². The first-order valence-corrected chi connectivity index (χ1v) is 6.76. The maximum atomic E-state index is 8.93. The topological polar surface area (TPSA) is 80.8 Å². The van der Waals surface area contributed by atoms with Crippen LogP contribution in [-0.2, 0) is 13.5 Å². The van der Waals surface area contributed by atoms with Gasteiger partial charge in [-0.05, 0) is 25.0 Å². The Kier molecular flexibility index (Phi) is 3.24. The minimum absolute atomic E-state index is 0.304. The van der Waals surface area contributed by atoms with E-state index in [0.717, 1.165) is 5.56 Å². The van der Waals surface area contributed by atoms with Gasteiger partial charge in [0.05, 0.1) is 6.04 Å². The normalized spacial score (nSPS) is 12.5. The van der Waals surface area contributed by atoms with Crippen molar-refractivity contribution in [1.82, 2.24) is 9.55 Å². The van der Waals surface area contributed by atoms with Crippen LogP contribution in [0, 0.1) is 18.3 Å². The quantitative estimate of drug-likeness (QED) is 0.799. The fourth-order valence-corrected chi connectivity index (χ4v) is 2.59. The molecule has 0 saturated heterocycles. The van der Waals surface area contributed by atoms with Crippen LogP contribution in [0.15, 0.2) is 34.9 Å². The highest BCUT2D eigenvalue weighted by atomic mass is 16.4. The van der Waals surface area contributed by atoms with Gasteiger partial charge in [0, 0.05) is 24.1 Å². The smallest absolute Gasteiger partial charge is 0.212 e. The molecule has 0 fully saturated rings. The first-order valence-electron chi connectivity index (χ1n) is 6.76. The van der Waals surface area contributed by atoms with Crippen molar-refractivity contribution in [3.63, 3.8) is 0 Å². The van der Waals surface area contributed by atoms with Gasteiger partial charge in [-0.3, -0.25) is 0 Å². The van der Waals surface area contributed by atoms with Crippen molar-refractivity contribution >= 4 is 10.9 Å². The summed E-state index contributed by atoms with van der Waals surface area (Å²) in [5.74, 6) is 0.929. The summed E-state index contributed by atoms with van der Waals surface area (Å²) >= 11 is 0. The second-order valence-electron chi connectivity index (χ2n) is 5.16. The molecule has 1 atom stereocenters. The summed E-state index contributed by atoms with van der Waals surface area (Å²) in [6, 6.07) is 9.83. The monoisotopic (exact) mass is 280 g/mol. The third kappa shape index (κ3) is 2.30. The molecule has 0 amide bonds. The van der Waals surface area contributed by atoms with E-state index in [9.17, 15) is 0 Å². The molecule has 1 aromatic carbocycles. The average molecular weight is 280 g/mol. The van der Waals surface area contributed by atoms with Crippen molar-refractivity contribution in [3.8, 4) is 6.07 Å². The molecule has 1 unspecified atom stereocenters. The van der Waals surface area contributed by atoms with Crippen LogP contribution in [0.5, 0.6) is 0 Å². The maximum absolute atomic E-state index is 8.93.